The molecule has 0 bridgehead atoms. The molecule has 0 unspecified atom stereocenters. The van der Waals surface area contributed by atoms with Crippen LogP contribution in [0.5, 0.6) is 11.5 Å². The second kappa shape index (κ2) is 8.51. The molecule has 0 aliphatic carbocycles. The quantitative estimate of drug-likeness (QED) is 0.749. The first-order valence-electron chi connectivity index (χ1n) is 9.08. The number of rotatable bonds is 6. The molecule has 1 N–H and O–H groups in total. The monoisotopic (exact) mass is 438 g/mol. The van der Waals surface area contributed by atoms with Gasteiger partial charge in [0.2, 0.25) is 10.0 Å². The van der Waals surface area contributed by atoms with E-state index >= 15 is 0 Å². The summed E-state index contributed by atoms with van der Waals surface area (Å²) in [5.74, 6) is 0.617. The third-order valence-corrected chi connectivity index (χ3v) is 5.84. The van der Waals surface area contributed by atoms with Gasteiger partial charge in [0.15, 0.2) is 6.10 Å². The summed E-state index contributed by atoms with van der Waals surface area (Å²) < 4.78 is 37.1. The topological polar surface area (TPSA) is 84.9 Å². The van der Waals surface area contributed by atoms with Crippen LogP contribution in [0.2, 0.25) is 5.02 Å². The molecule has 2 atom stereocenters. The summed E-state index contributed by atoms with van der Waals surface area (Å²) in [5.41, 5.74) is 1.32. The number of halogens is 1. The minimum Gasteiger partial charge on any atom is -0.491 e. The lowest BCUT2D eigenvalue weighted by atomic mass is 10.2. The normalized spacial score (nSPS) is 17.1. The van der Waals surface area contributed by atoms with Crippen LogP contribution in [0.15, 0.2) is 42.5 Å². The number of nitrogens with zero attached hydrogens (tertiary/aromatic N) is 1. The number of ether oxygens (including phenoxy) is 2. The number of amides is 1. The van der Waals surface area contributed by atoms with Crippen LogP contribution in [-0.2, 0) is 14.8 Å². The first-order chi connectivity index (χ1) is 13.6. The molecular weight excluding hydrogens is 416 g/mol. The Morgan fingerprint density at radius 3 is 2.76 bits per heavy atom. The highest BCUT2D eigenvalue weighted by Gasteiger charge is 2.35. The van der Waals surface area contributed by atoms with Gasteiger partial charge in [0.1, 0.15) is 18.1 Å². The predicted octanol–water partition coefficient (Wildman–Crippen LogP) is 2.76. The molecule has 0 spiro atoms. The molecule has 0 saturated carbocycles. The number of carbonyl (C=O) groups excluding carboxylic acids is 1. The highest BCUT2D eigenvalue weighted by atomic mass is 35.5. The van der Waals surface area contributed by atoms with Gasteiger partial charge in [-0.05, 0) is 43.7 Å². The molecule has 0 saturated heterocycles. The molecule has 7 nitrogen and oxygen atoms in total. The van der Waals surface area contributed by atoms with E-state index in [2.05, 4.69) is 5.32 Å². The van der Waals surface area contributed by atoms with Crippen molar-refractivity contribution < 1.29 is 22.7 Å². The number of carbonyl (C=O) groups is 1. The zero-order chi connectivity index (χ0) is 21.2. The van der Waals surface area contributed by atoms with E-state index in [1.165, 1.54) is 6.07 Å². The highest BCUT2D eigenvalue weighted by molar-refractivity contribution is 7.92. The van der Waals surface area contributed by atoms with Crippen LogP contribution in [0.25, 0.3) is 0 Å². The summed E-state index contributed by atoms with van der Waals surface area (Å²) in [5, 5.41) is 3.20. The summed E-state index contributed by atoms with van der Waals surface area (Å²) in [6, 6.07) is 11.9. The molecule has 0 aromatic heterocycles. The van der Waals surface area contributed by atoms with Gasteiger partial charge in [-0.2, -0.15) is 0 Å². The maximum absolute atomic E-state index is 12.7. The summed E-state index contributed by atoms with van der Waals surface area (Å²) >= 11 is 5.99. The molecule has 156 valence electrons. The first-order valence-corrected chi connectivity index (χ1v) is 11.3. The van der Waals surface area contributed by atoms with Crippen LogP contribution in [-0.4, -0.2) is 45.9 Å². The van der Waals surface area contributed by atoms with Crippen molar-refractivity contribution in [2.24, 2.45) is 0 Å². The Bertz CT molecular complexity index is 1010. The van der Waals surface area contributed by atoms with Crippen molar-refractivity contribution in [1.82, 2.24) is 5.32 Å². The van der Waals surface area contributed by atoms with Crippen molar-refractivity contribution in [3.63, 3.8) is 0 Å². The number of benzene rings is 2. The maximum Gasteiger partial charge on any atom is 0.263 e. The van der Waals surface area contributed by atoms with Crippen molar-refractivity contribution in [3.8, 4) is 11.5 Å². The lowest BCUT2D eigenvalue weighted by molar-refractivity contribution is -0.128. The van der Waals surface area contributed by atoms with E-state index in [1.54, 1.807) is 19.1 Å². The third-order valence-electron chi connectivity index (χ3n) is 4.45. The van der Waals surface area contributed by atoms with E-state index in [9.17, 15) is 13.2 Å². The fourth-order valence-corrected chi connectivity index (χ4v) is 4.06. The second-order valence-corrected chi connectivity index (χ2v) is 9.34. The van der Waals surface area contributed by atoms with E-state index in [1.807, 2.05) is 31.2 Å². The van der Waals surface area contributed by atoms with Gasteiger partial charge in [-0.3, -0.25) is 9.10 Å². The van der Waals surface area contributed by atoms with Crippen LogP contribution in [0.4, 0.5) is 5.69 Å². The van der Waals surface area contributed by atoms with Gasteiger partial charge in [-0.25, -0.2) is 8.42 Å². The van der Waals surface area contributed by atoms with Crippen molar-refractivity contribution in [2.45, 2.75) is 26.0 Å². The molecule has 9 heteroatoms. The fourth-order valence-electron chi connectivity index (χ4n) is 2.99. The van der Waals surface area contributed by atoms with Gasteiger partial charge in [-0.15, -0.1) is 0 Å². The van der Waals surface area contributed by atoms with Crippen molar-refractivity contribution in [2.75, 3.05) is 23.7 Å². The number of sulfonamides is 1. The number of hydrogen-bond donors (Lipinski definition) is 1. The SMILES string of the molecule is Cc1ccccc1OC[C@@H](C)NC(=O)[C@H]1CN(S(C)(=O)=O)c2cc(Cl)ccc2O1. The number of aryl methyl sites for hydroxylation is 1. The molecular formula is C20H23ClN2O5S. The van der Waals surface area contributed by atoms with E-state index in [0.717, 1.165) is 21.9 Å². The Kier molecular flexibility index (Phi) is 6.24. The van der Waals surface area contributed by atoms with E-state index in [-0.39, 0.29) is 24.9 Å². The summed E-state index contributed by atoms with van der Waals surface area (Å²) in [6.07, 6.45) is 0.0932. The first kappa shape index (κ1) is 21.3. The molecule has 1 heterocycles. The van der Waals surface area contributed by atoms with Gasteiger partial charge in [0.25, 0.3) is 5.91 Å². The highest BCUT2D eigenvalue weighted by Crippen LogP contribution is 2.37. The number of hydrogen-bond acceptors (Lipinski definition) is 5. The van der Waals surface area contributed by atoms with Gasteiger partial charge >= 0.3 is 0 Å². The smallest absolute Gasteiger partial charge is 0.263 e. The standard InChI is InChI=1S/C20H23ClN2O5S/c1-13-6-4-5-7-17(13)27-12-14(2)22-20(24)19-11-23(29(3,25)26)16-10-15(21)8-9-18(16)28-19/h4-10,14,19H,11-12H2,1-3H3,(H,22,24)/t14-,19-/m1/s1. The van der Waals surface area contributed by atoms with Gasteiger partial charge in [0, 0.05) is 5.02 Å². The fraction of sp³-hybridized carbons (Fsp3) is 0.350. The lowest BCUT2D eigenvalue weighted by Crippen LogP contribution is -2.52. The molecule has 29 heavy (non-hydrogen) atoms. The molecule has 0 radical (unpaired) electrons. The summed E-state index contributed by atoms with van der Waals surface area (Å²) in [6.45, 7) is 3.88. The van der Waals surface area contributed by atoms with E-state index < -0.39 is 22.0 Å². The Hall–Kier alpha value is -2.45. The van der Waals surface area contributed by atoms with Crippen LogP contribution in [0.1, 0.15) is 12.5 Å². The average molecular weight is 439 g/mol. The molecule has 2 aromatic carbocycles. The van der Waals surface area contributed by atoms with Gasteiger partial charge in [-0.1, -0.05) is 29.8 Å². The summed E-state index contributed by atoms with van der Waals surface area (Å²) in [4.78, 5) is 12.7. The third kappa shape index (κ3) is 5.13. The Morgan fingerprint density at radius 2 is 2.07 bits per heavy atom. The molecule has 2 aromatic rings. The van der Waals surface area contributed by atoms with Crippen LogP contribution in [0.3, 0.4) is 0 Å². The van der Waals surface area contributed by atoms with Gasteiger partial charge in [0.05, 0.1) is 24.5 Å². The Balaban J connectivity index is 1.68. The zero-order valence-electron chi connectivity index (χ0n) is 16.4. The number of nitrogens with one attached hydrogen (secondary N) is 1. The van der Waals surface area contributed by atoms with Gasteiger partial charge < -0.3 is 14.8 Å². The Morgan fingerprint density at radius 1 is 1.34 bits per heavy atom. The van der Waals surface area contributed by atoms with Crippen molar-refractivity contribution in [1.29, 1.82) is 0 Å². The van der Waals surface area contributed by atoms with Crippen molar-refractivity contribution in [3.05, 3.63) is 53.1 Å². The van der Waals surface area contributed by atoms with Crippen molar-refractivity contribution >= 4 is 33.2 Å². The molecule has 3 rings (SSSR count). The van der Waals surface area contributed by atoms with Crippen LogP contribution >= 0.6 is 11.6 Å². The van der Waals surface area contributed by atoms with E-state index in [4.69, 9.17) is 21.1 Å². The predicted molar refractivity (Wildman–Crippen MR) is 112 cm³/mol. The van der Waals surface area contributed by atoms with Crippen LogP contribution < -0.4 is 19.1 Å². The molecule has 1 amide bonds. The largest absolute Gasteiger partial charge is 0.491 e. The zero-order valence-corrected chi connectivity index (χ0v) is 18.0. The maximum atomic E-state index is 12.7. The number of anilines is 1. The molecule has 1 aliphatic heterocycles. The average Bonchev–Trinajstić information content (AvgIpc) is 2.65. The molecule has 1 aliphatic rings. The minimum absolute atomic E-state index is 0.136. The molecule has 0 fully saturated rings. The second-order valence-electron chi connectivity index (χ2n) is 7.00. The number of fused-ring (bicyclic) bond motifs is 1. The number of para-hydroxylation sites is 1. The lowest BCUT2D eigenvalue weighted by Gasteiger charge is -2.34. The van der Waals surface area contributed by atoms with Crippen LogP contribution in [0, 0.1) is 6.92 Å². The summed E-state index contributed by atoms with van der Waals surface area (Å²) in [7, 11) is -3.61. The Labute approximate surface area is 175 Å². The van der Waals surface area contributed by atoms with E-state index in [0.29, 0.717) is 10.7 Å². The minimum atomic E-state index is -3.61.